The summed E-state index contributed by atoms with van der Waals surface area (Å²) in [5.74, 6) is 0. The Morgan fingerprint density at radius 1 is 1.21 bits per heavy atom. The Morgan fingerprint density at radius 3 is 2.43 bits per heavy atom. The summed E-state index contributed by atoms with van der Waals surface area (Å²) < 4.78 is 0. The Bertz CT molecular complexity index is 292. The first-order valence-electron chi connectivity index (χ1n) is 5.26. The van der Waals surface area contributed by atoms with E-state index in [9.17, 15) is 4.79 Å². The van der Waals surface area contributed by atoms with Gasteiger partial charge in [0, 0.05) is 0 Å². The van der Waals surface area contributed by atoms with Crippen LogP contribution in [0.15, 0.2) is 34.9 Å². The van der Waals surface area contributed by atoms with Crippen LogP contribution in [0.25, 0.3) is 0 Å². The van der Waals surface area contributed by atoms with Crippen LogP contribution in [0.1, 0.15) is 39.5 Å². The average molecular weight is 190 g/mol. The Hall–Kier alpha value is -1.11. The van der Waals surface area contributed by atoms with E-state index in [1.54, 1.807) is 6.08 Å². The SMILES string of the molecule is C\C=C1/CCCC/C1=C\C(C)=C\C=O. The molecule has 0 spiro atoms. The van der Waals surface area contributed by atoms with Crippen molar-refractivity contribution in [1.29, 1.82) is 0 Å². The van der Waals surface area contributed by atoms with Crippen molar-refractivity contribution in [2.75, 3.05) is 0 Å². The van der Waals surface area contributed by atoms with Crippen LogP contribution in [0, 0.1) is 0 Å². The molecule has 1 nitrogen and oxygen atoms in total. The normalized spacial score (nSPS) is 24.3. The van der Waals surface area contributed by atoms with Crippen molar-refractivity contribution in [2.24, 2.45) is 0 Å². The molecule has 1 aliphatic carbocycles. The number of carbonyl (C=O) groups excluding carboxylic acids is 1. The zero-order chi connectivity index (χ0) is 10.4. The summed E-state index contributed by atoms with van der Waals surface area (Å²) in [6, 6.07) is 0. The van der Waals surface area contributed by atoms with Crippen molar-refractivity contribution < 1.29 is 4.79 Å². The Balaban J connectivity index is 2.83. The maximum absolute atomic E-state index is 10.3. The van der Waals surface area contributed by atoms with Crippen LogP contribution >= 0.6 is 0 Å². The number of aldehydes is 1. The molecule has 0 bridgehead atoms. The van der Waals surface area contributed by atoms with E-state index >= 15 is 0 Å². The van der Waals surface area contributed by atoms with Crippen LogP contribution in [0.3, 0.4) is 0 Å². The van der Waals surface area contributed by atoms with Gasteiger partial charge in [-0.1, -0.05) is 12.2 Å². The quantitative estimate of drug-likeness (QED) is 0.480. The first-order valence-corrected chi connectivity index (χ1v) is 5.26. The van der Waals surface area contributed by atoms with Gasteiger partial charge in [0.2, 0.25) is 0 Å². The molecule has 0 heterocycles. The molecule has 1 fully saturated rings. The lowest BCUT2D eigenvalue weighted by molar-refractivity contribution is -0.104. The van der Waals surface area contributed by atoms with E-state index in [0.717, 1.165) is 18.3 Å². The van der Waals surface area contributed by atoms with Crippen molar-refractivity contribution >= 4 is 6.29 Å². The molecule has 14 heavy (non-hydrogen) atoms. The van der Waals surface area contributed by atoms with Crippen LogP contribution in [0.2, 0.25) is 0 Å². The van der Waals surface area contributed by atoms with Gasteiger partial charge in [0.15, 0.2) is 0 Å². The van der Waals surface area contributed by atoms with Gasteiger partial charge >= 0.3 is 0 Å². The summed E-state index contributed by atoms with van der Waals surface area (Å²) >= 11 is 0. The summed E-state index contributed by atoms with van der Waals surface area (Å²) in [6.07, 6.45) is 11.7. The molecule has 0 atom stereocenters. The summed E-state index contributed by atoms with van der Waals surface area (Å²) in [6.45, 7) is 4.07. The fourth-order valence-electron chi connectivity index (χ4n) is 1.88. The molecule has 0 saturated heterocycles. The summed E-state index contributed by atoms with van der Waals surface area (Å²) in [7, 11) is 0. The highest BCUT2D eigenvalue weighted by Gasteiger charge is 2.09. The smallest absolute Gasteiger partial charge is 0.143 e. The fourth-order valence-corrected chi connectivity index (χ4v) is 1.88. The second kappa shape index (κ2) is 5.58. The Labute approximate surface area is 86.2 Å². The third-order valence-corrected chi connectivity index (χ3v) is 2.64. The van der Waals surface area contributed by atoms with Gasteiger partial charge in [0.05, 0.1) is 0 Å². The van der Waals surface area contributed by atoms with Crippen molar-refractivity contribution in [3.8, 4) is 0 Å². The second-order valence-electron chi connectivity index (χ2n) is 3.74. The highest BCUT2D eigenvalue weighted by atomic mass is 16.1. The Morgan fingerprint density at radius 2 is 1.86 bits per heavy atom. The molecule has 0 aromatic heterocycles. The van der Waals surface area contributed by atoms with Crippen LogP contribution < -0.4 is 0 Å². The lowest BCUT2D eigenvalue weighted by Crippen LogP contribution is -1.98. The van der Waals surface area contributed by atoms with E-state index in [0.29, 0.717) is 0 Å². The van der Waals surface area contributed by atoms with E-state index < -0.39 is 0 Å². The van der Waals surface area contributed by atoms with Crippen molar-refractivity contribution in [3.05, 3.63) is 34.9 Å². The van der Waals surface area contributed by atoms with E-state index in [1.807, 2.05) is 6.92 Å². The van der Waals surface area contributed by atoms with Gasteiger partial charge in [0.25, 0.3) is 0 Å². The minimum Gasteiger partial charge on any atom is -0.299 e. The maximum atomic E-state index is 10.3. The molecule has 0 aliphatic heterocycles. The van der Waals surface area contributed by atoms with Gasteiger partial charge in [-0.3, -0.25) is 4.79 Å². The molecule has 0 N–H and O–H groups in total. The molecule has 0 radical (unpaired) electrons. The van der Waals surface area contributed by atoms with E-state index in [4.69, 9.17) is 0 Å². The summed E-state index contributed by atoms with van der Waals surface area (Å²) in [4.78, 5) is 10.3. The lowest BCUT2D eigenvalue weighted by Gasteiger charge is -2.17. The lowest BCUT2D eigenvalue weighted by atomic mass is 9.88. The molecule has 1 saturated carbocycles. The third kappa shape index (κ3) is 2.99. The second-order valence-corrected chi connectivity index (χ2v) is 3.74. The molecule has 0 unspecified atom stereocenters. The summed E-state index contributed by atoms with van der Waals surface area (Å²) in [5.41, 5.74) is 3.92. The zero-order valence-electron chi connectivity index (χ0n) is 9.05. The van der Waals surface area contributed by atoms with Gasteiger partial charge in [-0.05, 0) is 62.3 Å². The standard InChI is InChI=1S/C13H18O/c1-3-12-6-4-5-7-13(12)10-11(2)8-9-14/h3,8-10H,4-7H2,1-2H3/b11-8+,12-3+,13-10+. The van der Waals surface area contributed by atoms with Crippen LogP contribution in [0.4, 0.5) is 0 Å². The van der Waals surface area contributed by atoms with E-state index in [-0.39, 0.29) is 0 Å². The largest absolute Gasteiger partial charge is 0.299 e. The van der Waals surface area contributed by atoms with Crippen LogP contribution in [-0.2, 0) is 4.79 Å². The highest BCUT2D eigenvalue weighted by Crippen LogP contribution is 2.29. The first kappa shape index (κ1) is 11.0. The maximum Gasteiger partial charge on any atom is 0.143 e. The molecule has 76 valence electrons. The number of allylic oxidation sites excluding steroid dienone is 6. The minimum absolute atomic E-state index is 0.852. The minimum atomic E-state index is 0.852. The summed E-state index contributed by atoms with van der Waals surface area (Å²) in [5, 5.41) is 0. The van der Waals surface area contributed by atoms with Gasteiger partial charge in [-0.25, -0.2) is 0 Å². The number of hydrogen-bond acceptors (Lipinski definition) is 1. The highest BCUT2D eigenvalue weighted by molar-refractivity contribution is 5.67. The molecular weight excluding hydrogens is 172 g/mol. The van der Waals surface area contributed by atoms with Crippen molar-refractivity contribution in [3.63, 3.8) is 0 Å². The molecule has 0 amide bonds. The van der Waals surface area contributed by atoms with Crippen LogP contribution in [-0.4, -0.2) is 6.29 Å². The predicted molar refractivity (Wildman–Crippen MR) is 60.1 cm³/mol. The van der Waals surface area contributed by atoms with Crippen LogP contribution in [0.5, 0.6) is 0 Å². The number of rotatable bonds is 2. The molecule has 1 heteroatoms. The van der Waals surface area contributed by atoms with Gasteiger partial charge in [-0.2, -0.15) is 0 Å². The van der Waals surface area contributed by atoms with E-state index in [1.165, 1.54) is 30.4 Å². The molecule has 0 aromatic rings. The monoisotopic (exact) mass is 190 g/mol. The average Bonchev–Trinajstić information content (AvgIpc) is 2.19. The molecule has 0 aromatic carbocycles. The van der Waals surface area contributed by atoms with Gasteiger partial charge < -0.3 is 0 Å². The molecule has 1 aliphatic rings. The predicted octanol–water partition coefficient (Wildman–Crippen LogP) is 3.58. The van der Waals surface area contributed by atoms with Gasteiger partial charge in [0.1, 0.15) is 6.29 Å². The zero-order valence-corrected chi connectivity index (χ0v) is 9.05. The fraction of sp³-hybridized carbons (Fsp3) is 0.462. The number of hydrogen-bond donors (Lipinski definition) is 0. The topological polar surface area (TPSA) is 17.1 Å². The first-order chi connectivity index (χ1) is 6.77. The van der Waals surface area contributed by atoms with Crippen molar-refractivity contribution in [2.45, 2.75) is 39.5 Å². The third-order valence-electron chi connectivity index (χ3n) is 2.64. The van der Waals surface area contributed by atoms with E-state index in [2.05, 4.69) is 19.1 Å². The number of carbonyl (C=O) groups is 1. The Kier molecular flexibility index (Phi) is 4.37. The van der Waals surface area contributed by atoms with Gasteiger partial charge in [-0.15, -0.1) is 0 Å². The molecule has 1 rings (SSSR count). The van der Waals surface area contributed by atoms with Crippen molar-refractivity contribution in [1.82, 2.24) is 0 Å². The molecular formula is C13H18O.